The first kappa shape index (κ1) is 9.66. The summed E-state index contributed by atoms with van der Waals surface area (Å²) in [7, 11) is 0. The molecule has 0 bridgehead atoms. The lowest BCUT2D eigenvalue weighted by Gasteiger charge is -2.13. The van der Waals surface area contributed by atoms with Gasteiger partial charge in [-0.3, -0.25) is 0 Å². The Bertz CT molecular complexity index is 332. The van der Waals surface area contributed by atoms with Crippen molar-refractivity contribution in [2.75, 3.05) is 0 Å². The molecule has 1 saturated carbocycles. The molecule has 2 heteroatoms. The molecular weight excluding hydrogens is 177 g/mol. The summed E-state index contributed by atoms with van der Waals surface area (Å²) in [6.07, 6.45) is 2.44. The van der Waals surface area contributed by atoms with E-state index >= 15 is 0 Å². The standard InChI is InChI=1S/C12H16FN/c1-7-5-10(6-8(2)11(7)13)12(14)9-3-4-9/h5-6,9,12H,3-4,14H2,1-2H3. The van der Waals surface area contributed by atoms with Crippen LogP contribution >= 0.6 is 0 Å². The SMILES string of the molecule is Cc1cc(C(N)C2CC2)cc(C)c1F. The van der Waals surface area contributed by atoms with Crippen LogP contribution in [0.2, 0.25) is 0 Å². The Morgan fingerprint density at radius 1 is 1.29 bits per heavy atom. The van der Waals surface area contributed by atoms with Gasteiger partial charge in [-0.2, -0.15) is 0 Å². The second kappa shape index (κ2) is 3.35. The summed E-state index contributed by atoms with van der Waals surface area (Å²) in [6.45, 7) is 3.59. The Hall–Kier alpha value is -0.890. The average Bonchev–Trinajstić information content (AvgIpc) is 2.95. The van der Waals surface area contributed by atoms with Gasteiger partial charge in [-0.1, -0.05) is 12.1 Å². The fourth-order valence-corrected chi connectivity index (χ4v) is 1.90. The molecule has 1 nitrogen and oxygen atoms in total. The molecule has 1 aromatic carbocycles. The molecule has 0 radical (unpaired) electrons. The minimum absolute atomic E-state index is 0.100. The molecule has 2 rings (SSSR count). The van der Waals surface area contributed by atoms with Crippen LogP contribution in [-0.2, 0) is 0 Å². The highest BCUT2D eigenvalue weighted by Gasteiger charge is 2.29. The molecule has 1 aromatic rings. The summed E-state index contributed by atoms with van der Waals surface area (Å²) in [5.74, 6) is 0.524. The zero-order valence-corrected chi connectivity index (χ0v) is 8.68. The third kappa shape index (κ3) is 1.67. The molecule has 0 heterocycles. The molecule has 0 aromatic heterocycles. The average molecular weight is 193 g/mol. The second-order valence-corrected chi connectivity index (χ2v) is 4.33. The molecule has 1 aliphatic carbocycles. The molecule has 1 atom stereocenters. The van der Waals surface area contributed by atoms with Crippen LogP contribution in [0.1, 0.15) is 35.6 Å². The lowest BCUT2D eigenvalue weighted by molar-refractivity contribution is 0.597. The Morgan fingerprint density at radius 2 is 1.79 bits per heavy atom. The smallest absolute Gasteiger partial charge is 0.129 e. The zero-order valence-electron chi connectivity index (χ0n) is 8.68. The van der Waals surface area contributed by atoms with Gasteiger partial charge in [-0.15, -0.1) is 0 Å². The first-order valence-corrected chi connectivity index (χ1v) is 5.12. The van der Waals surface area contributed by atoms with Crippen molar-refractivity contribution in [3.63, 3.8) is 0 Å². The molecule has 76 valence electrons. The minimum Gasteiger partial charge on any atom is -0.324 e. The zero-order chi connectivity index (χ0) is 10.3. The van der Waals surface area contributed by atoms with Crippen LogP contribution in [0.5, 0.6) is 0 Å². The monoisotopic (exact) mass is 193 g/mol. The largest absolute Gasteiger partial charge is 0.324 e. The summed E-state index contributed by atoms with van der Waals surface area (Å²) < 4.78 is 13.4. The van der Waals surface area contributed by atoms with Gasteiger partial charge in [-0.25, -0.2) is 4.39 Å². The number of halogens is 1. The first-order valence-electron chi connectivity index (χ1n) is 5.12. The summed E-state index contributed by atoms with van der Waals surface area (Å²) in [4.78, 5) is 0. The molecule has 1 unspecified atom stereocenters. The highest BCUT2D eigenvalue weighted by molar-refractivity contribution is 5.33. The van der Waals surface area contributed by atoms with Crippen molar-refractivity contribution in [3.8, 4) is 0 Å². The van der Waals surface area contributed by atoms with Crippen LogP contribution in [0, 0.1) is 25.6 Å². The lowest BCUT2D eigenvalue weighted by atomic mass is 9.98. The molecular formula is C12H16FN. The van der Waals surface area contributed by atoms with Crippen molar-refractivity contribution < 1.29 is 4.39 Å². The van der Waals surface area contributed by atoms with E-state index in [4.69, 9.17) is 5.73 Å². The van der Waals surface area contributed by atoms with Gasteiger partial charge < -0.3 is 5.73 Å². The third-order valence-electron chi connectivity index (χ3n) is 2.97. The maximum Gasteiger partial charge on any atom is 0.129 e. The highest BCUT2D eigenvalue weighted by atomic mass is 19.1. The van der Waals surface area contributed by atoms with Crippen LogP contribution in [0.3, 0.4) is 0 Å². The van der Waals surface area contributed by atoms with Crippen LogP contribution in [0.15, 0.2) is 12.1 Å². The summed E-state index contributed by atoms with van der Waals surface area (Å²) >= 11 is 0. The summed E-state index contributed by atoms with van der Waals surface area (Å²) in [5, 5.41) is 0. The number of aryl methyl sites for hydroxylation is 2. The number of hydrogen-bond acceptors (Lipinski definition) is 1. The maximum atomic E-state index is 13.4. The van der Waals surface area contributed by atoms with Crippen LogP contribution in [0.25, 0.3) is 0 Å². The van der Waals surface area contributed by atoms with Crippen molar-refractivity contribution >= 4 is 0 Å². The summed E-state index contributed by atoms with van der Waals surface area (Å²) in [6, 6.07) is 3.87. The van der Waals surface area contributed by atoms with Gasteiger partial charge in [0.15, 0.2) is 0 Å². The van der Waals surface area contributed by atoms with Gasteiger partial charge in [0.2, 0.25) is 0 Å². The lowest BCUT2D eigenvalue weighted by Crippen LogP contribution is -2.13. The van der Waals surface area contributed by atoms with E-state index in [2.05, 4.69) is 0 Å². The van der Waals surface area contributed by atoms with E-state index in [1.807, 2.05) is 12.1 Å². The maximum absolute atomic E-state index is 13.4. The number of benzene rings is 1. The molecule has 0 aliphatic heterocycles. The highest BCUT2D eigenvalue weighted by Crippen LogP contribution is 2.39. The predicted octanol–water partition coefficient (Wildman–Crippen LogP) is 2.85. The van der Waals surface area contributed by atoms with Gasteiger partial charge in [0.1, 0.15) is 5.82 Å². The third-order valence-corrected chi connectivity index (χ3v) is 2.97. The summed E-state index contributed by atoms with van der Waals surface area (Å²) in [5.41, 5.74) is 8.56. The fourth-order valence-electron chi connectivity index (χ4n) is 1.90. The van der Waals surface area contributed by atoms with Crippen molar-refractivity contribution in [1.82, 2.24) is 0 Å². The van der Waals surface area contributed by atoms with E-state index in [1.54, 1.807) is 13.8 Å². The Kier molecular flexibility index (Phi) is 2.31. The van der Waals surface area contributed by atoms with Gasteiger partial charge in [-0.05, 0) is 49.3 Å². The predicted molar refractivity (Wildman–Crippen MR) is 55.5 cm³/mol. The molecule has 1 fully saturated rings. The van der Waals surface area contributed by atoms with E-state index in [0.29, 0.717) is 17.0 Å². The number of nitrogens with two attached hydrogens (primary N) is 1. The van der Waals surface area contributed by atoms with Crippen molar-refractivity contribution in [3.05, 3.63) is 34.6 Å². The normalized spacial score (nSPS) is 18.3. The quantitative estimate of drug-likeness (QED) is 0.768. The Balaban J connectivity index is 2.34. The van der Waals surface area contributed by atoms with E-state index in [0.717, 1.165) is 5.56 Å². The van der Waals surface area contributed by atoms with E-state index in [-0.39, 0.29) is 11.9 Å². The molecule has 0 amide bonds. The van der Waals surface area contributed by atoms with Crippen LogP contribution < -0.4 is 5.73 Å². The van der Waals surface area contributed by atoms with E-state index < -0.39 is 0 Å². The van der Waals surface area contributed by atoms with Gasteiger partial charge in [0.25, 0.3) is 0 Å². The first-order chi connectivity index (χ1) is 6.59. The second-order valence-electron chi connectivity index (χ2n) is 4.33. The molecule has 2 N–H and O–H groups in total. The van der Waals surface area contributed by atoms with Crippen LogP contribution in [-0.4, -0.2) is 0 Å². The van der Waals surface area contributed by atoms with Gasteiger partial charge in [0, 0.05) is 6.04 Å². The fraction of sp³-hybridized carbons (Fsp3) is 0.500. The number of hydrogen-bond donors (Lipinski definition) is 1. The van der Waals surface area contributed by atoms with Crippen molar-refractivity contribution in [2.45, 2.75) is 32.7 Å². The van der Waals surface area contributed by atoms with E-state index in [9.17, 15) is 4.39 Å². The molecule has 1 aliphatic rings. The molecule has 0 saturated heterocycles. The topological polar surface area (TPSA) is 26.0 Å². The van der Waals surface area contributed by atoms with Crippen molar-refractivity contribution in [2.24, 2.45) is 11.7 Å². The number of rotatable bonds is 2. The molecule has 0 spiro atoms. The van der Waals surface area contributed by atoms with Crippen molar-refractivity contribution in [1.29, 1.82) is 0 Å². The Labute approximate surface area is 84.1 Å². The van der Waals surface area contributed by atoms with Gasteiger partial charge >= 0.3 is 0 Å². The minimum atomic E-state index is -0.100. The van der Waals surface area contributed by atoms with Gasteiger partial charge in [0.05, 0.1) is 0 Å². The Morgan fingerprint density at radius 3 is 2.21 bits per heavy atom. The molecule has 14 heavy (non-hydrogen) atoms. The van der Waals surface area contributed by atoms with Crippen LogP contribution in [0.4, 0.5) is 4.39 Å². The van der Waals surface area contributed by atoms with E-state index in [1.165, 1.54) is 12.8 Å².